The van der Waals surface area contributed by atoms with E-state index in [2.05, 4.69) is 6.07 Å². The number of nitrogens with zero attached hydrogens (tertiary/aromatic N) is 1. The van der Waals surface area contributed by atoms with Crippen molar-refractivity contribution in [3.05, 3.63) is 11.8 Å². The molecule has 0 aromatic heterocycles. The van der Waals surface area contributed by atoms with Crippen molar-refractivity contribution in [2.24, 2.45) is 17.3 Å². The Hall–Kier alpha value is -1.30. The number of hydrogen-bond acceptors (Lipinski definition) is 3. The molecule has 0 radical (unpaired) electrons. The van der Waals surface area contributed by atoms with Gasteiger partial charge in [0.25, 0.3) is 0 Å². The van der Waals surface area contributed by atoms with Crippen LogP contribution >= 0.6 is 0 Å². The molecule has 1 heterocycles. The van der Waals surface area contributed by atoms with Crippen LogP contribution in [-0.4, -0.2) is 5.97 Å². The SMILES string of the molecule is CC1=CC2(C)C(C#N)CC2C(=O)O1. The van der Waals surface area contributed by atoms with Gasteiger partial charge in [0.2, 0.25) is 0 Å². The van der Waals surface area contributed by atoms with E-state index in [9.17, 15) is 4.79 Å². The Balaban J connectivity index is 2.37. The minimum absolute atomic E-state index is 0.0275. The van der Waals surface area contributed by atoms with E-state index in [1.807, 2.05) is 13.0 Å². The molecule has 3 nitrogen and oxygen atoms in total. The fourth-order valence-corrected chi connectivity index (χ4v) is 2.27. The summed E-state index contributed by atoms with van der Waals surface area (Å²) in [4.78, 5) is 11.4. The largest absolute Gasteiger partial charge is 0.431 e. The summed E-state index contributed by atoms with van der Waals surface area (Å²) in [7, 11) is 0. The molecule has 1 aliphatic heterocycles. The normalized spacial score (nSPS) is 42.2. The van der Waals surface area contributed by atoms with Gasteiger partial charge in [0.1, 0.15) is 5.76 Å². The van der Waals surface area contributed by atoms with Crippen LogP contribution in [-0.2, 0) is 9.53 Å². The van der Waals surface area contributed by atoms with Crippen LogP contribution in [0, 0.1) is 28.6 Å². The van der Waals surface area contributed by atoms with Gasteiger partial charge >= 0.3 is 5.97 Å². The summed E-state index contributed by atoms with van der Waals surface area (Å²) < 4.78 is 4.99. The van der Waals surface area contributed by atoms with E-state index in [0.717, 1.165) is 0 Å². The molecule has 2 aliphatic rings. The Kier molecular flexibility index (Phi) is 1.50. The molecule has 13 heavy (non-hydrogen) atoms. The second kappa shape index (κ2) is 2.35. The van der Waals surface area contributed by atoms with Crippen LogP contribution in [0.2, 0.25) is 0 Å². The molecule has 68 valence electrons. The van der Waals surface area contributed by atoms with Crippen molar-refractivity contribution < 1.29 is 9.53 Å². The number of hydrogen-bond donors (Lipinski definition) is 0. The Morgan fingerprint density at radius 1 is 1.77 bits per heavy atom. The van der Waals surface area contributed by atoms with Crippen LogP contribution in [0.5, 0.6) is 0 Å². The van der Waals surface area contributed by atoms with Gasteiger partial charge in [-0.3, -0.25) is 4.79 Å². The van der Waals surface area contributed by atoms with E-state index >= 15 is 0 Å². The highest BCUT2D eigenvalue weighted by Crippen LogP contribution is 2.55. The Morgan fingerprint density at radius 3 is 3.08 bits per heavy atom. The zero-order valence-electron chi connectivity index (χ0n) is 7.70. The smallest absolute Gasteiger partial charge is 0.314 e. The number of fused-ring (bicyclic) bond motifs is 1. The first kappa shape index (κ1) is 8.31. The summed E-state index contributed by atoms with van der Waals surface area (Å²) in [5, 5.41) is 8.83. The van der Waals surface area contributed by atoms with Crippen molar-refractivity contribution in [2.75, 3.05) is 0 Å². The molecule has 3 atom stereocenters. The van der Waals surface area contributed by atoms with Crippen molar-refractivity contribution in [1.82, 2.24) is 0 Å². The molecule has 1 saturated carbocycles. The molecule has 0 bridgehead atoms. The number of carbonyl (C=O) groups excluding carboxylic acids is 1. The lowest BCUT2D eigenvalue weighted by Crippen LogP contribution is -2.51. The van der Waals surface area contributed by atoms with E-state index in [1.165, 1.54) is 0 Å². The van der Waals surface area contributed by atoms with E-state index in [0.29, 0.717) is 12.2 Å². The average Bonchev–Trinajstić information content (AvgIpc) is 2.00. The van der Waals surface area contributed by atoms with Crippen LogP contribution in [0.4, 0.5) is 0 Å². The van der Waals surface area contributed by atoms with Crippen LogP contribution in [0.15, 0.2) is 11.8 Å². The van der Waals surface area contributed by atoms with E-state index in [1.54, 1.807) is 6.92 Å². The monoisotopic (exact) mass is 177 g/mol. The molecule has 1 fully saturated rings. The molecule has 0 N–H and O–H groups in total. The maximum absolute atomic E-state index is 11.4. The topological polar surface area (TPSA) is 50.1 Å². The number of esters is 1. The number of carbonyl (C=O) groups is 1. The summed E-state index contributed by atoms with van der Waals surface area (Å²) in [6, 6.07) is 2.23. The van der Waals surface area contributed by atoms with E-state index in [-0.39, 0.29) is 23.2 Å². The number of rotatable bonds is 0. The van der Waals surface area contributed by atoms with Crippen molar-refractivity contribution in [3.8, 4) is 6.07 Å². The first-order valence-electron chi connectivity index (χ1n) is 4.38. The lowest BCUT2D eigenvalue weighted by atomic mass is 9.53. The van der Waals surface area contributed by atoms with Gasteiger partial charge in [0.15, 0.2) is 0 Å². The standard InChI is InChI=1S/C10H11NO2/c1-6-4-10(2)7(5-11)3-8(10)9(12)13-6/h4,7-8H,3H2,1-2H3. The third-order valence-electron chi connectivity index (χ3n) is 3.19. The molecule has 2 rings (SSSR count). The Labute approximate surface area is 77.0 Å². The fourth-order valence-electron chi connectivity index (χ4n) is 2.27. The van der Waals surface area contributed by atoms with Gasteiger partial charge in [0.05, 0.1) is 17.9 Å². The van der Waals surface area contributed by atoms with E-state index in [4.69, 9.17) is 10.00 Å². The fraction of sp³-hybridized carbons (Fsp3) is 0.600. The summed E-state index contributed by atoms with van der Waals surface area (Å²) >= 11 is 0. The van der Waals surface area contributed by atoms with Gasteiger partial charge in [0, 0.05) is 5.41 Å². The first-order chi connectivity index (χ1) is 6.08. The molecule has 0 saturated heterocycles. The molecular formula is C10H11NO2. The molecule has 3 unspecified atom stereocenters. The summed E-state index contributed by atoms with van der Waals surface area (Å²) in [5.74, 6) is 0.332. The second-order valence-electron chi connectivity index (χ2n) is 4.01. The molecule has 0 amide bonds. The number of allylic oxidation sites excluding steroid dienone is 2. The van der Waals surface area contributed by atoms with Gasteiger partial charge in [-0.15, -0.1) is 0 Å². The van der Waals surface area contributed by atoms with Crippen LogP contribution in [0.25, 0.3) is 0 Å². The Morgan fingerprint density at radius 2 is 2.46 bits per heavy atom. The highest BCUT2D eigenvalue weighted by molar-refractivity contribution is 5.78. The third-order valence-corrected chi connectivity index (χ3v) is 3.19. The summed E-state index contributed by atoms with van der Waals surface area (Å²) in [5.41, 5.74) is -0.270. The predicted molar refractivity (Wildman–Crippen MR) is 45.2 cm³/mol. The molecule has 0 aromatic rings. The third kappa shape index (κ3) is 0.918. The quantitative estimate of drug-likeness (QED) is 0.528. The number of ether oxygens (including phenoxy) is 1. The minimum Gasteiger partial charge on any atom is -0.431 e. The molecule has 0 spiro atoms. The van der Waals surface area contributed by atoms with Gasteiger partial charge < -0.3 is 4.74 Å². The zero-order valence-corrected chi connectivity index (χ0v) is 7.70. The number of nitriles is 1. The molecule has 3 heteroatoms. The predicted octanol–water partition coefficient (Wildman–Crippen LogP) is 1.61. The van der Waals surface area contributed by atoms with Crippen LogP contribution in [0.1, 0.15) is 20.3 Å². The highest BCUT2D eigenvalue weighted by Gasteiger charge is 2.56. The lowest BCUT2D eigenvalue weighted by Gasteiger charge is -2.49. The minimum atomic E-state index is -0.270. The van der Waals surface area contributed by atoms with Gasteiger partial charge in [-0.2, -0.15) is 5.26 Å². The number of cyclic esters (lactones) is 1. The average molecular weight is 177 g/mol. The van der Waals surface area contributed by atoms with Crippen LogP contribution in [0.3, 0.4) is 0 Å². The van der Waals surface area contributed by atoms with Gasteiger partial charge in [-0.25, -0.2) is 0 Å². The van der Waals surface area contributed by atoms with Gasteiger partial charge in [-0.05, 0) is 19.4 Å². The summed E-state index contributed by atoms with van der Waals surface area (Å²) in [6.07, 6.45) is 2.56. The van der Waals surface area contributed by atoms with Crippen LogP contribution < -0.4 is 0 Å². The van der Waals surface area contributed by atoms with Gasteiger partial charge in [-0.1, -0.05) is 6.92 Å². The molecule has 0 aromatic carbocycles. The summed E-state index contributed by atoms with van der Waals surface area (Å²) in [6.45, 7) is 3.71. The molecule has 1 aliphatic carbocycles. The molecular weight excluding hydrogens is 166 g/mol. The highest BCUT2D eigenvalue weighted by atomic mass is 16.5. The maximum Gasteiger partial charge on any atom is 0.314 e. The first-order valence-corrected chi connectivity index (χ1v) is 4.38. The van der Waals surface area contributed by atoms with Crippen molar-refractivity contribution in [1.29, 1.82) is 5.26 Å². The zero-order chi connectivity index (χ0) is 9.64. The van der Waals surface area contributed by atoms with Crippen molar-refractivity contribution in [2.45, 2.75) is 20.3 Å². The Bertz CT molecular complexity index is 339. The van der Waals surface area contributed by atoms with Crippen molar-refractivity contribution in [3.63, 3.8) is 0 Å². The second-order valence-corrected chi connectivity index (χ2v) is 4.01. The maximum atomic E-state index is 11.4. The lowest BCUT2D eigenvalue weighted by molar-refractivity contribution is -0.160. The van der Waals surface area contributed by atoms with E-state index < -0.39 is 0 Å². The van der Waals surface area contributed by atoms with Crippen molar-refractivity contribution >= 4 is 5.97 Å².